The number of nitrogens with zero attached hydrogens (tertiary/aromatic N) is 1. The smallest absolute Gasteiger partial charge is 0.361 e. The van der Waals surface area contributed by atoms with Crippen molar-refractivity contribution in [2.75, 3.05) is 20.1 Å². The second-order valence-electron chi connectivity index (χ2n) is 6.76. The summed E-state index contributed by atoms with van der Waals surface area (Å²) >= 11 is 0. The number of aromatic nitrogens is 1. The SMILES string of the molecule is CN1CC(C(=O)NCC(F)(F)F)C=C2c3cccc4[nH]cc(c34)CC21. The summed E-state index contributed by atoms with van der Waals surface area (Å²) < 4.78 is 37.1. The van der Waals surface area contributed by atoms with E-state index in [0.717, 1.165) is 28.5 Å². The van der Waals surface area contributed by atoms with Crippen LogP contribution in [-0.2, 0) is 11.2 Å². The number of carbonyl (C=O) groups is 1. The lowest BCUT2D eigenvalue weighted by Crippen LogP contribution is -2.47. The second kappa shape index (κ2) is 5.62. The van der Waals surface area contributed by atoms with Gasteiger partial charge < -0.3 is 10.3 Å². The van der Waals surface area contributed by atoms with Crippen LogP contribution in [0.1, 0.15) is 11.1 Å². The highest BCUT2D eigenvalue weighted by molar-refractivity contribution is 5.99. The summed E-state index contributed by atoms with van der Waals surface area (Å²) in [5.41, 5.74) is 4.36. The summed E-state index contributed by atoms with van der Waals surface area (Å²) in [4.78, 5) is 17.5. The predicted octanol–water partition coefficient (Wildman–Crippen LogP) is 2.72. The molecule has 2 unspecified atom stereocenters. The Hall–Kier alpha value is -2.28. The second-order valence-corrected chi connectivity index (χ2v) is 6.76. The Morgan fingerprint density at radius 2 is 2.20 bits per heavy atom. The van der Waals surface area contributed by atoms with E-state index in [1.54, 1.807) is 0 Å². The van der Waals surface area contributed by atoms with Crippen molar-refractivity contribution in [3.05, 3.63) is 41.6 Å². The fraction of sp³-hybridized carbons (Fsp3) is 0.389. The van der Waals surface area contributed by atoms with Gasteiger partial charge in [0, 0.05) is 29.7 Å². The first kappa shape index (κ1) is 16.2. The third kappa shape index (κ3) is 2.82. The number of hydrogen-bond donors (Lipinski definition) is 2. The monoisotopic (exact) mass is 349 g/mol. The van der Waals surface area contributed by atoms with Crippen molar-refractivity contribution >= 4 is 22.4 Å². The number of hydrogen-bond acceptors (Lipinski definition) is 2. The molecule has 1 aromatic carbocycles. The van der Waals surface area contributed by atoms with Crippen molar-refractivity contribution in [1.82, 2.24) is 15.2 Å². The molecule has 2 aliphatic rings. The molecule has 0 saturated heterocycles. The van der Waals surface area contributed by atoms with E-state index in [0.29, 0.717) is 6.54 Å². The number of amides is 1. The zero-order chi connectivity index (χ0) is 17.8. The van der Waals surface area contributed by atoms with Crippen molar-refractivity contribution < 1.29 is 18.0 Å². The number of rotatable bonds is 2. The van der Waals surface area contributed by atoms with Gasteiger partial charge in [-0.3, -0.25) is 9.69 Å². The maximum Gasteiger partial charge on any atom is 0.405 e. The maximum atomic E-state index is 12.4. The van der Waals surface area contributed by atoms with E-state index in [9.17, 15) is 18.0 Å². The summed E-state index contributed by atoms with van der Waals surface area (Å²) in [6, 6.07) is 6.11. The molecule has 2 aromatic rings. The first-order valence-corrected chi connectivity index (χ1v) is 8.19. The van der Waals surface area contributed by atoms with Crippen molar-refractivity contribution in [1.29, 1.82) is 0 Å². The number of H-pyrrole nitrogens is 1. The summed E-state index contributed by atoms with van der Waals surface area (Å²) in [5.74, 6) is -1.17. The number of likely N-dealkylation sites (N-methyl/N-ethyl adjacent to an activating group) is 1. The van der Waals surface area contributed by atoms with Crippen LogP contribution in [0.25, 0.3) is 16.5 Å². The van der Waals surface area contributed by atoms with Crippen LogP contribution in [-0.4, -0.2) is 48.1 Å². The van der Waals surface area contributed by atoms with Crippen molar-refractivity contribution in [2.24, 2.45) is 5.92 Å². The number of alkyl halides is 3. The number of carbonyl (C=O) groups excluding carboxylic acids is 1. The molecule has 132 valence electrons. The van der Waals surface area contributed by atoms with E-state index in [2.05, 4.69) is 9.88 Å². The van der Waals surface area contributed by atoms with Crippen LogP contribution in [0, 0.1) is 5.92 Å². The number of benzene rings is 1. The normalized spacial score (nSPS) is 23.3. The lowest BCUT2D eigenvalue weighted by atomic mass is 9.80. The van der Waals surface area contributed by atoms with Gasteiger partial charge >= 0.3 is 6.18 Å². The minimum atomic E-state index is -4.40. The number of fused-ring (bicyclic) bond motifs is 2. The van der Waals surface area contributed by atoms with Gasteiger partial charge in [-0.25, -0.2) is 0 Å². The Morgan fingerprint density at radius 1 is 1.40 bits per heavy atom. The molecular weight excluding hydrogens is 331 g/mol. The predicted molar refractivity (Wildman–Crippen MR) is 89.0 cm³/mol. The average Bonchev–Trinajstić information content (AvgIpc) is 2.97. The fourth-order valence-corrected chi connectivity index (χ4v) is 3.93. The van der Waals surface area contributed by atoms with Gasteiger partial charge in [-0.15, -0.1) is 0 Å². The first-order valence-electron chi connectivity index (χ1n) is 8.19. The standard InChI is InChI=1S/C18H18F3N3O/c1-24-8-11(17(25)23-9-18(19,20)21)5-13-12-3-2-4-14-16(12)10(7-22-14)6-15(13)24/h2-5,7,11,15,22H,6,8-9H2,1H3,(H,23,25). The lowest BCUT2D eigenvalue weighted by molar-refractivity contribution is -0.140. The highest BCUT2D eigenvalue weighted by atomic mass is 19.4. The Balaban J connectivity index is 1.69. The Morgan fingerprint density at radius 3 is 2.96 bits per heavy atom. The zero-order valence-electron chi connectivity index (χ0n) is 13.7. The van der Waals surface area contributed by atoms with Crippen LogP contribution in [0.2, 0.25) is 0 Å². The number of aromatic amines is 1. The third-order valence-corrected chi connectivity index (χ3v) is 5.07. The molecule has 0 radical (unpaired) electrons. The minimum Gasteiger partial charge on any atom is -0.361 e. The fourth-order valence-electron chi connectivity index (χ4n) is 3.93. The molecule has 2 atom stereocenters. The van der Waals surface area contributed by atoms with Crippen molar-refractivity contribution in [3.63, 3.8) is 0 Å². The van der Waals surface area contributed by atoms with Gasteiger partial charge in [-0.05, 0) is 36.2 Å². The lowest BCUT2D eigenvalue weighted by Gasteiger charge is -2.39. The molecule has 2 heterocycles. The highest BCUT2D eigenvalue weighted by Crippen LogP contribution is 2.40. The minimum absolute atomic E-state index is 0.139. The third-order valence-electron chi connectivity index (χ3n) is 5.07. The molecule has 4 nitrogen and oxygen atoms in total. The molecule has 25 heavy (non-hydrogen) atoms. The van der Waals surface area contributed by atoms with Gasteiger partial charge in [0.25, 0.3) is 0 Å². The molecular formula is C18H18F3N3O. The van der Waals surface area contributed by atoms with Gasteiger partial charge in [-0.1, -0.05) is 18.2 Å². The Labute approximate surface area is 142 Å². The van der Waals surface area contributed by atoms with Crippen LogP contribution in [0.4, 0.5) is 13.2 Å². The topological polar surface area (TPSA) is 48.1 Å². The van der Waals surface area contributed by atoms with Gasteiger partial charge in [0.1, 0.15) is 6.54 Å². The molecule has 0 bridgehead atoms. The number of nitrogens with one attached hydrogen (secondary N) is 2. The Bertz CT molecular complexity index is 868. The molecule has 0 spiro atoms. The van der Waals surface area contributed by atoms with Crippen LogP contribution < -0.4 is 5.32 Å². The van der Waals surface area contributed by atoms with Gasteiger partial charge in [-0.2, -0.15) is 13.2 Å². The summed E-state index contributed by atoms with van der Waals surface area (Å²) in [5, 5.41) is 3.15. The van der Waals surface area contributed by atoms with Crippen molar-refractivity contribution in [2.45, 2.75) is 18.6 Å². The highest BCUT2D eigenvalue weighted by Gasteiger charge is 2.36. The Kier molecular flexibility index (Phi) is 3.64. The van der Waals surface area contributed by atoms with Crippen LogP contribution in [0.15, 0.2) is 30.5 Å². The number of halogens is 3. The van der Waals surface area contributed by atoms with Crippen LogP contribution >= 0.6 is 0 Å². The van der Waals surface area contributed by atoms with Gasteiger partial charge in [0.05, 0.1) is 5.92 Å². The van der Waals surface area contributed by atoms with E-state index in [1.807, 2.05) is 42.8 Å². The molecule has 1 aliphatic carbocycles. The quantitative estimate of drug-likeness (QED) is 0.876. The molecule has 2 N–H and O–H groups in total. The molecule has 7 heteroatoms. The first-order chi connectivity index (χ1) is 11.8. The molecule has 1 aromatic heterocycles. The van der Waals surface area contributed by atoms with Crippen LogP contribution in [0.3, 0.4) is 0 Å². The zero-order valence-corrected chi connectivity index (χ0v) is 13.7. The molecule has 4 rings (SSSR count). The molecule has 1 aliphatic heterocycles. The molecule has 0 saturated carbocycles. The van der Waals surface area contributed by atoms with E-state index >= 15 is 0 Å². The summed E-state index contributed by atoms with van der Waals surface area (Å²) in [6.45, 7) is -0.885. The molecule has 1 amide bonds. The van der Waals surface area contributed by atoms with E-state index < -0.39 is 24.5 Å². The van der Waals surface area contributed by atoms with Gasteiger partial charge in [0.2, 0.25) is 5.91 Å². The van der Waals surface area contributed by atoms with Gasteiger partial charge in [0.15, 0.2) is 0 Å². The van der Waals surface area contributed by atoms with E-state index in [4.69, 9.17) is 0 Å². The maximum absolute atomic E-state index is 12.4. The summed E-state index contributed by atoms with van der Waals surface area (Å²) in [7, 11) is 1.92. The molecule has 0 fully saturated rings. The average molecular weight is 349 g/mol. The van der Waals surface area contributed by atoms with Crippen LogP contribution in [0.5, 0.6) is 0 Å². The summed E-state index contributed by atoms with van der Waals surface area (Å²) in [6.07, 6.45) is 0.292. The largest absolute Gasteiger partial charge is 0.405 e. The van der Waals surface area contributed by atoms with E-state index in [1.165, 1.54) is 5.56 Å². The van der Waals surface area contributed by atoms with E-state index in [-0.39, 0.29) is 6.04 Å². The van der Waals surface area contributed by atoms with Crippen molar-refractivity contribution in [3.8, 4) is 0 Å².